The highest BCUT2D eigenvalue weighted by Gasteiger charge is 2.29. The topological polar surface area (TPSA) is 102 Å². The van der Waals surface area contributed by atoms with Gasteiger partial charge in [0.1, 0.15) is 0 Å². The summed E-state index contributed by atoms with van der Waals surface area (Å²) in [6, 6.07) is 6.65. The van der Waals surface area contributed by atoms with E-state index >= 15 is 0 Å². The van der Waals surface area contributed by atoms with Crippen molar-refractivity contribution in [2.75, 3.05) is 7.05 Å². The van der Waals surface area contributed by atoms with Crippen molar-refractivity contribution in [3.05, 3.63) is 41.6 Å². The zero-order valence-electron chi connectivity index (χ0n) is 13.1. The fourth-order valence-electron chi connectivity index (χ4n) is 2.37. The maximum Gasteiger partial charge on any atom is 0.238 e. The van der Waals surface area contributed by atoms with E-state index < -0.39 is 10.0 Å². The average molecular weight is 336 g/mol. The van der Waals surface area contributed by atoms with E-state index in [9.17, 15) is 8.42 Å². The normalized spacial score (nSPS) is 16.7. The Kier molecular flexibility index (Phi) is 4.22. The third-order valence-corrected chi connectivity index (χ3v) is 5.08. The highest BCUT2D eigenvalue weighted by Crippen LogP contribution is 2.39. The highest BCUT2D eigenvalue weighted by atomic mass is 32.2. The summed E-state index contributed by atoms with van der Waals surface area (Å²) >= 11 is 0. The monoisotopic (exact) mass is 336 g/mol. The molecule has 1 aliphatic carbocycles. The van der Waals surface area contributed by atoms with Crippen LogP contribution < -0.4 is 5.14 Å². The summed E-state index contributed by atoms with van der Waals surface area (Å²) in [5.74, 6) is 1.78. The standard InChI is InChI=1S/C15H20N4O3S/c1-10(11-5-7-13(8-6-11)23(16,20)21)19(2)9-14-17-18-15(22-14)12-3-4-12/h5-8,10,12H,3-4,9H2,1-2H3,(H2,16,20,21). The number of sulfonamides is 1. The van der Waals surface area contributed by atoms with Gasteiger partial charge in [0.25, 0.3) is 0 Å². The molecule has 23 heavy (non-hydrogen) atoms. The molecule has 2 N–H and O–H groups in total. The Morgan fingerprint density at radius 2 is 1.96 bits per heavy atom. The van der Waals surface area contributed by atoms with Crippen LogP contribution in [0.25, 0.3) is 0 Å². The predicted molar refractivity (Wildman–Crippen MR) is 84.0 cm³/mol. The second kappa shape index (κ2) is 6.03. The van der Waals surface area contributed by atoms with Gasteiger partial charge in [0.05, 0.1) is 11.4 Å². The number of nitrogens with two attached hydrogens (primary N) is 1. The number of aromatic nitrogens is 2. The van der Waals surface area contributed by atoms with Gasteiger partial charge in [-0.25, -0.2) is 13.6 Å². The van der Waals surface area contributed by atoms with Gasteiger partial charge in [-0.15, -0.1) is 10.2 Å². The lowest BCUT2D eigenvalue weighted by atomic mass is 10.1. The van der Waals surface area contributed by atoms with E-state index in [2.05, 4.69) is 15.1 Å². The molecule has 0 spiro atoms. The van der Waals surface area contributed by atoms with E-state index in [1.807, 2.05) is 14.0 Å². The van der Waals surface area contributed by atoms with Crippen molar-refractivity contribution in [1.29, 1.82) is 0 Å². The third kappa shape index (κ3) is 3.77. The Labute approximate surface area is 135 Å². The molecule has 0 saturated heterocycles. The molecule has 1 aromatic heterocycles. The molecule has 1 atom stereocenters. The van der Waals surface area contributed by atoms with E-state index in [0.717, 1.165) is 24.3 Å². The molecule has 124 valence electrons. The number of hydrogen-bond acceptors (Lipinski definition) is 6. The Balaban J connectivity index is 1.67. The molecule has 2 aromatic rings. The van der Waals surface area contributed by atoms with Crippen LogP contribution in [0.1, 0.15) is 49.1 Å². The molecule has 1 fully saturated rings. The molecule has 3 rings (SSSR count). The van der Waals surface area contributed by atoms with E-state index in [4.69, 9.17) is 9.56 Å². The summed E-state index contributed by atoms with van der Waals surface area (Å²) in [5.41, 5.74) is 0.988. The number of benzene rings is 1. The van der Waals surface area contributed by atoms with Gasteiger partial charge in [0.2, 0.25) is 21.8 Å². The van der Waals surface area contributed by atoms with Crippen LogP contribution in [0, 0.1) is 0 Å². The second-order valence-electron chi connectivity index (χ2n) is 6.01. The first-order valence-electron chi connectivity index (χ1n) is 7.50. The number of primary sulfonamides is 1. The van der Waals surface area contributed by atoms with Crippen molar-refractivity contribution in [3.8, 4) is 0 Å². The van der Waals surface area contributed by atoms with Gasteiger partial charge in [-0.1, -0.05) is 12.1 Å². The quantitative estimate of drug-likeness (QED) is 0.862. The van der Waals surface area contributed by atoms with Crippen LogP contribution in [0.4, 0.5) is 0 Å². The zero-order valence-corrected chi connectivity index (χ0v) is 14.0. The van der Waals surface area contributed by atoms with Crippen molar-refractivity contribution in [2.45, 2.75) is 43.2 Å². The van der Waals surface area contributed by atoms with Crippen molar-refractivity contribution in [3.63, 3.8) is 0 Å². The number of rotatable bonds is 6. The summed E-state index contributed by atoms with van der Waals surface area (Å²) in [7, 11) is -1.70. The molecular formula is C15H20N4O3S. The minimum absolute atomic E-state index is 0.0702. The van der Waals surface area contributed by atoms with Gasteiger partial charge < -0.3 is 4.42 Å². The Morgan fingerprint density at radius 3 is 2.52 bits per heavy atom. The predicted octanol–water partition coefficient (Wildman–Crippen LogP) is 1.79. The minimum Gasteiger partial charge on any atom is -0.424 e. The summed E-state index contributed by atoms with van der Waals surface area (Å²) in [6.07, 6.45) is 2.26. The van der Waals surface area contributed by atoms with Crippen molar-refractivity contribution < 1.29 is 12.8 Å². The lowest BCUT2D eigenvalue weighted by Crippen LogP contribution is -2.22. The fourth-order valence-corrected chi connectivity index (χ4v) is 2.88. The van der Waals surface area contributed by atoms with Gasteiger partial charge in [0, 0.05) is 12.0 Å². The highest BCUT2D eigenvalue weighted by molar-refractivity contribution is 7.89. The average Bonchev–Trinajstić information content (AvgIpc) is 3.26. The molecule has 0 amide bonds. The van der Waals surface area contributed by atoms with Crippen LogP contribution in [0.5, 0.6) is 0 Å². The smallest absolute Gasteiger partial charge is 0.238 e. The van der Waals surface area contributed by atoms with Gasteiger partial charge in [-0.2, -0.15) is 0 Å². The lowest BCUT2D eigenvalue weighted by Gasteiger charge is -2.23. The first-order valence-corrected chi connectivity index (χ1v) is 9.04. The maximum absolute atomic E-state index is 11.3. The van der Waals surface area contributed by atoms with E-state index in [1.54, 1.807) is 12.1 Å². The Bertz CT molecular complexity index is 781. The molecule has 0 aliphatic heterocycles. The zero-order chi connectivity index (χ0) is 16.6. The van der Waals surface area contributed by atoms with Crippen molar-refractivity contribution in [1.82, 2.24) is 15.1 Å². The molecule has 1 saturated carbocycles. The number of nitrogens with zero attached hydrogens (tertiary/aromatic N) is 3. The van der Waals surface area contributed by atoms with E-state index in [-0.39, 0.29) is 10.9 Å². The second-order valence-corrected chi connectivity index (χ2v) is 7.57. The minimum atomic E-state index is -3.66. The van der Waals surface area contributed by atoms with Gasteiger partial charge >= 0.3 is 0 Å². The Hall–Kier alpha value is -1.77. The molecule has 0 radical (unpaired) electrons. The van der Waals surface area contributed by atoms with Crippen LogP contribution in [-0.2, 0) is 16.6 Å². The van der Waals surface area contributed by atoms with Crippen molar-refractivity contribution in [2.24, 2.45) is 5.14 Å². The fraction of sp³-hybridized carbons (Fsp3) is 0.467. The lowest BCUT2D eigenvalue weighted by molar-refractivity contribution is 0.225. The van der Waals surface area contributed by atoms with Crippen LogP contribution in [0.15, 0.2) is 33.6 Å². The molecule has 7 nitrogen and oxygen atoms in total. The molecular weight excluding hydrogens is 316 g/mol. The van der Waals surface area contributed by atoms with Crippen LogP contribution in [-0.4, -0.2) is 30.6 Å². The van der Waals surface area contributed by atoms with Gasteiger partial charge in [-0.3, -0.25) is 4.90 Å². The molecule has 1 aliphatic rings. The number of hydrogen-bond donors (Lipinski definition) is 1. The third-order valence-electron chi connectivity index (χ3n) is 4.15. The van der Waals surface area contributed by atoms with E-state index in [1.165, 1.54) is 12.1 Å². The first kappa shape index (κ1) is 16.1. The molecule has 1 heterocycles. The van der Waals surface area contributed by atoms with Crippen molar-refractivity contribution >= 4 is 10.0 Å². The van der Waals surface area contributed by atoms with Gasteiger partial charge in [0.15, 0.2) is 0 Å². The molecule has 8 heteroatoms. The molecule has 0 bridgehead atoms. The summed E-state index contributed by atoms with van der Waals surface area (Å²) < 4.78 is 28.3. The van der Waals surface area contributed by atoms with Crippen LogP contribution >= 0.6 is 0 Å². The Morgan fingerprint density at radius 1 is 1.30 bits per heavy atom. The maximum atomic E-state index is 11.3. The van der Waals surface area contributed by atoms with E-state index in [0.29, 0.717) is 18.4 Å². The summed E-state index contributed by atoms with van der Waals surface area (Å²) in [4.78, 5) is 2.18. The summed E-state index contributed by atoms with van der Waals surface area (Å²) in [6.45, 7) is 2.57. The van der Waals surface area contributed by atoms with Crippen LogP contribution in [0.3, 0.4) is 0 Å². The largest absolute Gasteiger partial charge is 0.424 e. The van der Waals surface area contributed by atoms with Crippen LogP contribution in [0.2, 0.25) is 0 Å². The molecule has 1 aromatic carbocycles. The summed E-state index contributed by atoms with van der Waals surface area (Å²) in [5, 5.41) is 13.3. The SMILES string of the molecule is CC(c1ccc(S(N)(=O)=O)cc1)N(C)Cc1nnc(C2CC2)o1. The molecule has 1 unspecified atom stereocenters. The first-order chi connectivity index (χ1) is 10.8. The van der Waals surface area contributed by atoms with Gasteiger partial charge in [-0.05, 0) is 44.5 Å².